The molecule has 1 atom stereocenters. The zero-order chi connectivity index (χ0) is 20.4. The minimum atomic E-state index is -5.40. The maximum Gasteiger partial charge on any atom is 0.420 e. The number of anilines is 1. The van der Waals surface area contributed by atoms with Crippen LogP contribution in [0.25, 0.3) is 0 Å². The first-order valence-corrected chi connectivity index (χ1v) is 8.68. The van der Waals surface area contributed by atoms with Gasteiger partial charge in [0.2, 0.25) is 0 Å². The Morgan fingerprint density at radius 3 is 2.22 bits per heavy atom. The molecular formula is C13H10ClF2N5O5S. The van der Waals surface area contributed by atoms with Crippen molar-refractivity contribution >= 4 is 39.9 Å². The zero-order valence-corrected chi connectivity index (χ0v) is 14.6. The monoisotopic (exact) mass is 421 g/mol. The van der Waals surface area contributed by atoms with E-state index in [0.717, 1.165) is 12.1 Å². The summed E-state index contributed by atoms with van der Waals surface area (Å²) in [4.78, 5) is 32.3. The van der Waals surface area contributed by atoms with Crippen LogP contribution in [0, 0.1) is 0 Å². The molecule has 144 valence electrons. The standard InChI is InChI=1S/C13H10ClF2N5O5S/c14-7-3-1-2-6(10(7)21-27(25,26)13(15,16)17)11(24)12-19-8(4-22)18-9(5-23)20-12/h1-5,11,21,24H,17H2. The van der Waals surface area contributed by atoms with E-state index < -0.39 is 44.7 Å². The zero-order valence-electron chi connectivity index (χ0n) is 13.0. The number of carbonyl (C=O) groups excluding carboxylic acids is 2. The number of nitrogens with one attached hydrogen (secondary N) is 1. The molecule has 0 aliphatic heterocycles. The maximum atomic E-state index is 13.1. The molecule has 1 aromatic carbocycles. The summed E-state index contributed by atoms with van der Waals surface area (Å²) in [6.07, 6.45) is -1.49. The number of benzene rings is 1. The van der Waals surface area contributed by atoms with Gasteiger partial charge in [-0.15, -0.1) is 0 Å². The minimum absolute atomic E-state index is 0.182. The molecule has 1 aromatic heterocycles. The lowest BCUT2D eigenvalue weighted by atomic mass is 10.1. The van der Waals surface area contributed by atoms with Crippen LogP contribution in [0.4, 0.5) is 14.5 Å². The molecule has 2 aromatic rings. The number of hydrogen-bond donors (Lipinski definition) is 3. The van der Waals surface area contributed by atoms with Gasteiger partial charge in [0.05, 0.1) is 10.7 Å². The number of halogens is 3. The summed E-state index contributed by atoms with van der Waals surface area (Å²) in [5, 5.41) is 5.45. The molecule has 0 bridgehead atoms. The number of rotatable bonds is 7. The average Bonchev–Trinajstić information content (AvgIpc) is 2.61. The van der Waals surface area contributed by atoms with Crippen molar-refractivity contribution in [3.8, 4) is 0 Å². The van der Waals surface area contributed by atoms with E-state index in [-0.39, 0.29) is 23.2 Å². The van der Waals surface area contributed by atoms with Crippen LogP contribution >= 0.6 is 11.6 Å². The van der Waals surface area contributed by atoms with Gasteiger partial charge in [-0.3, -0.25) is 20.0 Å². The second-order valence-corrected chi connectivity index (χ2v) is 7.08. The van der Waals surface area contributed by atoms with Gasteiger partial charge in [-0.1, -0.05) is 23.7 Å². The van der Waals surface area contributed by atoms with Gasteiger partial charge >= 0.3 is 15.4 Å². The summed E-state index contributed by atoms with van der Waals surface area (Å²) in [6.45, 7) is 0. The first-order chi connectivity index (χ1) is 12.5. The van der Waals surface area contributed by atoms with Gasteiger partial charge in [0.15, 0.2) is 30.0 Å². The van der Waals surface area contributed by atoms with Gasteiger partial charge < -0.3 is 5.11 Å². The van der Waals surface area contributed by atoms with Crippen LogP contribution in [0.5, 0.6) is 0 Å². The average molecular weight is 422 g/mol. The predicted octanol–water partition coefficient (Wildman–Crippen LogP) is 0.482. The Kier molecular flexibility index (Phi) is 5.79. The van der Waals surface area contributed by atoms with E-state index >= 15 is 0 Å². The van der Waals surface area contributed by atoms with Gasteiger partial charge in [0.1, 0.15) is 6.10 Å². The normalized spacial score (nSPS) is 13.1. The molecule has 0 spiro atoms. The first kappa shape index (κ1) is 20.7. The van der Waals surface area contributed by atoms with Crippen molar-refractivity contribution in [1.82, 2.24) is 15.0 Å². The third-order valence-corrected chi connectivity index (χ3v) is 4.58. The fourth-order valence-electron chi connectivity index (χ4n) is 1.87. The third-order valence-electron chi connectivity index (χ3n) is 3.08. The van der Waals surface area contributed by atoms with E-state index in [9.17, 15) is 31.9 Å². The van der Waals surface area contributed by atoms with Gasteiger partial charge in [0, 0.05) is 5.56 Å². The van der Waals surface area contributed by atoms with Crippen molar-refractivity contribution < 1.29 is 31.9 Å². The highest BCUT2D eigenvalue weighted by atomic mass is 35.5. The summed E-state index contributed by atoms with van der Waals surface area (Å²) < 4.78 is 50.9. The lowest BCUT2D eigenvalue weighted by Gasteiger charge is -2.19. The van der Waals surface area contributed by atoms with E-state index in [0.29, 0.717) is 0 Å². The molecule has 0 radical (unpaired) electrons. The molecule has 0 fully saturated rings. The molecule has 1 unspecified atom stereocenters. The second-order valence-electron chi connectivity index (χ2n) is 4.92. The molecule has 2 rings (SSSR count). The van der Waals surface area contributed by atoms with Crippen LogP contribution in [0.1, 0.15) is 38.7 Å². The number of nitrogens with zero attached hydrogens (tertiary/aromatic N) is 3. The van der Waals surface area contributed by atoms with Gasteiger partial charge in [-0.05, 0) is 6.07 Å². The van der Waals surface area contributed by atoms with Gasteiger partial charge in [-0.25, -0.2) is 15.0 Å². The summed E-state index contributed by atoms with van der Waals surface area (Å²) >= 11 is 5.84. The third kappa shape index (κ3) is 4.39. The molecule has 14 heteroatoms. The Labute approximate surface area is 155 Å². The molecule has 4 N–H and O–H groups in total. The lowest BCUT2D eigenvalue weighted by Crippen LogP contribution is -2.42. The van der Waals surface area contributed by atoms with Crippen molar-refractivity contribution in [2.45, 2.75) is 11.5 Å². The van der Waals surface area contributed by atoms with E-state index in [1.54, 1.807) is 0 Å². The molecule has 10 nitrogen and oxygen atoms in total. The van der Waals surface area contributed by atoms with E-state index in [2.05, 4.69) is 20.7 Å². The molecule has 0 saturated heterocycles. The Hall–Kier alpha value is -2.61. The van der Waals surface area contributed by atoms with Crippen LogP contribution in [-0.2, 0) is 10.0 Å². The van der Waals surface area contributed by atoms with Gasteiger partial charge in [-0.2, -0.15) is 17.2 Å². The number of para-hydroxylation sites is 1. The van der Waals surface area contributed by atoms with Crippen LogP contribution < -0.4 is 10.5 Å². The van der Waals surface area contributed by atoms with E-state index in [4.69, 9.17) is 11.6 Å². The summed E-state index contributed by atoms with van der Waals surface area (Å²) in [6, 6.07) is 3.57. The van der Waals surface area contributed by atoms with E-state index in [1.807, 2.05) is 0 Å². The second kappa shape index (κ2) is 7.56. The molecular weight excluding hydrogens is 412 g/mol. The number of hydrogen-bond acceptors (Lipinski definition) is 9. The molecule has 1 heterocycles. The number of aldehydes is 2. The van der Waals surface area contributed by atoms with Crippen LogP contribution in [0.3, 0.4) is 0 Å². The molecule has 0 amide bonds. The van der Waals surface area contributed by atoms with Crippen molar-refractivity contribution in [2.24, 2.45) is 5.73 Å². The van der Waals surface area contributed by atoms with Gasteiger partial charge in [0.25, 0.3) is 0 Å². The number of sulfonamides is 1. The SMILES string of the molecule is NC(F)(F)S(=O)(=O)Nc1c(Cl)cccc1C(O)c1nc(C=O)nc(C=O)n1. The fraction of sp³-hybridized carbons (Fsp3) is 0.154. The smallest absolute Gasteiger partial charge is 0.380 e. The Morgan fingerprint density at radius 1 is 1.19 bits per heavy atom. The number of carbonyl (C=O) groups is 2. The van der Waals surface area contributed by atoms with Crippen LogP contribution in [0.15, 0.2) is 18.2 Å². The van der Waals surface area contributed by atoms with Crippen molar-refractivity contribution in [3.05, 3.63) is 46.3 Å². The van der Waals surface area contributed by atoms with E-state index in [1.165, 1.54) is 10.8 Å². The lowest BCUT2D eigenvalue weighted by molar-refractivity contribution is 0.101. The first-order valence-electron chi connectivity index (χ1n) is 6.82. The Bertz CT molecular complexity index is 973. The number of aromatic nitrogens is 3. The van der Waals surface area contributed by atoms with Crippen LogP contribution in [0.2, 0.25) is 5.02 Å². The predicted molar refractivity (Wildman–Crippen MR) is 87.8 cm³/mol. The quantitative estimate of drug-likeness (QED) is 0.425. The summed E-state index contributed by atoms with van der Waals surface area (Å²) in [7, 11) is -5.40. The van der Waals surface area contributed by atoms with Crippen LogP contribution in [-0.4, -0.2) is 46.4 Å². The van der Waals surface area contributed by atoms with Crippen molar-refractivity contribution in [2.75, 3.05) is 4.72 Å². The molecule has 0 saturated carbocycles. The minimum Gasteiger partial charge on any atom is -0.380 e. The highest BCUT2D eigenvalue weighted by Crippen LogP contribution is 2.34. The molecule has 0 aliphatic rings. The molecule has 27 heavy (non-hydrogen) atoms. The number of nitrogens with two attached hydrogens (primary N) is 1. The maximum absolute atomic E-state index is 13.1. The topological polar surface area (TPSA) is 165 Å². The fourth-order valence-corrected chi connectivity index (χ4v) is 2.79. The summed E-state index contributed by atoms with van der Waals surface area (Å²) in [5.74, 6) is -1.49. The Morgan fingerprint density at radius 2 is 1.74 bits per heavy atom. The van der Waals surface area contributed by atoms with Crippen molar-refractivity contribution in [1.29, 1.82) is 0 Å². The number of aliphatic hydroxyl groups is 1. The molecule has 0 aliphatic carbocycles. The number of aliphatic hydroxyl groups excluding tert-OH is 1. The highest BCUT2D eigenvalue weighted by molar-refractivity contribution is 7.93. The van der Waals surface area contributed by atoms with Crippen molar-refractivity contribution in [3.63, 3.8) is 0 Å². The summed E-state index contributed by atoms with van der Waals surface area (Å²) in [5.41, 5.74) is 3.37. The number of alkyl halides is 2. The highest BCUT2D eigenvalue weighted by Gasteiger charge is 2.41. The largest absolute Gasteiger partial charge is 0.420 e. The Balaban J connectivity index is 2.59.